The van der Waals surface area contributed by atoms with Crippen LogP contribution in [0.25, 0.3) is 11.1 Å². The fraction of sp³-hybridized carbons (Fsp3) is 0.133. The van der Waals surface area contributed by atoms with E-state index in [0.717, 1.165) is 16.7 Å². The highest BCUT2D eigenvalue weighted by Crippen LogP contribution is 2.20. The van der Waals surface area contributed by atoms with Crippen LogP contribution in [0, 0.1) is 0 Å². The zero-order valence-corrected chi connectivity index (χ0v) is 11.8. The Morgan fingerprint density at radius 3 is 2.30 bits per heavy atom. The maximum absolute atomic E-state index is 11.7. The lowest BCUT2D eigenvalue weighted by Gasteiger charge is -2.05. The molecule has 0 fully saturated rings. The van der Waals surface area contributed by atoms with Gasteiger partial charge in [0, 0.05) is 25.0 Å². The second-order valence-corrected chi connectivity index (χ2v) is 5.72. The lowest BCUT2D eigenvalue weighted by atomic mass is 10.0. The smallest absolute Gasteiger partial charge is 0.230 e. The zero-order chi connectivity index (χ0) is 13.7. The van der Waals surface area contributed by atoms with Gasteiger partial charge in [-0.1, -0.05) is 54.6 Å². The van der Waals surface area contributed by atoms with Gasteiger partial charge in [-0.05, 0) is 16.7 Å². The summed E-state index contributed by atoms with van der Waals surface area (Å²) in [5.41, 5.74) is 8.18. The van der Waals surface area contributed by atoms with E-state index in [-0.39, 0.29) is 14.2 Å². The number of benzene rings is 2. The molecule has 5 heteroatoms. The Morgan fingerprint density at radius 2 is 1.65 bits per heavy atom. The van der Waals surface area contributed by atoms with Crippen molar-refractivity contribution < 1.29 is 9.00 Å². The summed E-state index contributed by atoms with van der Waals surface area (Å²) in [6.45, 7) is 0. The highest BCUT2D eigenvalue weighted by Gasteiger charge is 2.06. The summed E-state index contributed by atoms with van der Waals surface area (Å²) in [6, 6.07) is 17.8. The number of amides is 1. The molecule has 2 rings (SSSR count). The normalized spacial score (nSPS) is 11.4. The van der Waals surface area contributed by atoms with Crippen LogP contribution in [0.2, 0.25) is 0 Å². The van der Waals surface area contributed by atoms with E-state index in [0.29, 0.717) is 5.75 Å². The van der Waals surface area contributed by atoms with Crippen LogP contribution in [0.3, 0.4) is 0 Å². The van der Waals surface area contributed by atoms with Gasteiger partial charge >= 0.3 is 0 Å². The quantitative estimate of drug-likeness (QED) is 0.850. The summed E-state index contributed by atoms with van der Waals surface area (Å²) in [6.07, 6.45) is 0. The Bertz CT molecular complexity index is 602. The highest BCUT2D eigenvalue weighted by atomic mass is 32.2. The molecule has 20 heavy (non-hydrogen) atoms. The maximum Gasteiger partial charge on any atom is 0.230 e. The van der Waals surface area contributed by atoms with E-state index in [2.05, 4.69) is 0 Å². The average Bonchev–Trinajstić information content (AvgIpc) is 2.39. The van der Waals surface area contributed by atoms with E-state index in [4.69, 9.17) is 5.73 Å². The summed E-state index contributed by atoms with van der Waals surface area (Å²) in [7, 11) is -1.24. The monoisotopic (exact) mass is 284 g/mol. The summed E-state index contributed by atoms with van der Waals surface area (Å²) in [5.74, 6) is -0.267. The van der Waals surface area contributed by atoms with Crippen molar-refractivity contribution in [2.45, 2.75) is 5.75 Å². The Kier molecular flexibility index (Phi) is 6.19. The van der Waals surface area contributed by atoms with Gasteiger partial charge in [-0.3, -0.25) is 9.00 Å². The van der Waals surface area contributed by atoms with Crippen LogP contribution in [-0.2, 0) is 21.3 Å². The number of hydrogen-bond donors (Lipinski definition) is 1. The minimum Gasteiger partial charge on any atom is -0.369 e. The number of carbonyl (C=O) groups is 1. The Balaban J connectivity index is 0.00000200. The molecule has 0 saturated heterocycles. The van der Waals surface area contributed by atoms with E-state index in [9.17, 15) is 9.00 Å². The third kappa shape index (κ3) is 4.66. The molecule has 1 amide bonds. The number of carbonyl (C=O) groups excluding carboxylic acids is 1. The van der Waals surface area contributed by atoms with Gasteiger partial charge in [0.05, 0.1) is 0 Å². The SMILES string of the molecule is NC(=O)CS(=O)Cc1cccc(-c2ccccc2)c1.[B]. The van der Waals surface area contributed by atoms with E-state index in [1.54, 1.807) is 0 Å². The van der Waals surface area contributed by atoms with Gasteiger partial charge in [0.2, 0.25) is 5.91 Å². The number of primary amides is 1. The topological polar surface area (TPSA) is 60.2 Å². The fourth-order valence-electron chi connectivity index (χ4n) is 1.87. The van der Waals surface area contributed by atoms with Gasteiger partial charge in [0.15, 0.2) is 0 Å². The molecule has 1 atom stereocenters. The molecule has 3 nitrogen and oxygen atoms in total. The number of hydrogen-bond acceptors (Lipinski definition) is 2. The molecule has 0 aromatic heterocycles. The first kappa shape index (κ1) is 16.2. The van der Waals surface area contributed by atoms with Crippen molar-refractivity contribution in [2.24, 2.45) is 5.73 Å². The van der Waals surface area contributed by atoms with E-state index >= 15 is 0 Å². The van der Waals surface area contributed by atoms with Crippen molar-refractivity contribution in [3.63, 3.8) is 0 Å². The van der Waals surface area contributed by atoms with Crippen molar-refractivity contribution in [2.75, 3.05) is 5.75 Å². The molecule has 0 spiro atoms. The van der Waals surface area contributed by atoms with E-state index in [1.165, 1.54) is 0 Å². The predicted octanol–water partition coefficient (Wildman–Crippen LogP) is 1.71. The first-order chi connectivity index (χ1) is 9.15. The standard InChI is InChI=1S/C15H15NO2S.B/c16-15(17)11-19(18)10-12-5-4-8-14(9-12)13-6-2-1-3-7-13;/h1-9H,10-11H2,(H2,16,17);. The molecule has 3 radical (unpaired) electrons. The second-order valence-electron chi connectivity index (χ2n) is 4.26. The number of rotatable bonds is 5. The molecule has 0 saturated carbocycles. The Labute approximate surface area is 123 Å². The molecule has 0 aliphatic rings. The Morgan fingerprint density at radius 1 is 1.00 bits per heavy atom. The minimum atomic E-state index is -1.24. The van der Waals surface area contributed by atoms with Crippen molar-refractivity contribution in [1.82, 2.24) is 0 Å². The average molecular weight is 284 g/mol. The van der Waals surface area contributed by atoms with Crippen molar-refractivity contribution in [3.05, 3.63) is 60.2 Å². The third-order valence-corrected chi connectivity index (χ3v) is 3.93. The molecule has 2 N–H and O–H groups in total. The van der Waals surface area contributed by atoms with Crippen LogP contribution in [0.15, 0.2) is 54.6 Å². The second kappa shape index (κ2) is 7.65. The van der Waals surface area contributed by atoms with Crippen LogP contribution in [-0.4, -0.2) is 24.3 Å². The molecule has 0 heterocycles. The van der Waals surface area contributed by atoms with Crippen LogP contribution >= 0.6 is 0 Å². The minimum absolute atomic E-state index is 0. The first-order valence-corrected chi connectivity index (χ1v) is 7.41. The van der Waals surface area contributed by atoms with Gasteiger partial charge in [0.1, 0.15) is 5.75 Å². The van der Waals surface area contributed by atoms with Gasteiger partial charge < -0.3 is 5.73 Å². The van der Waals surface area contributed by atoms with E-state index < -0.39 is 16.7 Å². The molecule has 0 aliphatic heterocycles. The molecule has 2 aromatic carbocycles. The Hall–Kier alpha value is -1.88. The maximum atomic E-state index is 11.7. The van der Waals surface area contributed by atoms with E-state index in [1.807, 2.05) is 54.6 Å². The van der Waals surface area contributed by atoms with Gasteiger partial charge in [0.25, 0.3) is 0 Å². The summed E-state index contributed by atoms with van der Waals surface area (Å²) in [4.78, 5) is 10.7. The molecular weight excluding hydrogens is 269 g/mol. The van der Waals surface area contributed by atoms with Crippen LogP contribution in [0.1, 0.15) is 5.56 Å². The lowest BCUT2D eigenvalue weighted by Crippen LogP contribution is -2.20. The highest BCUT2D eigenvalue weighted by molar-refractivity contribution is 7.84. The predicted molar refractivity (Wildman–Crippen MR) is 83.5 cm³/mol. The molecule has 0 aliphatic carbocycles. The van der Waals surface area contributed by atoms with Crippen molar-refractivity contribution in [3.8, 4) is 11.1 Å². The zero-order valence-electron chi connectivity index (χ0n) is 11.0. The molecule has 0 bridgehead atoms. The van der Waals surface area contributed by atoms with Crippen LogP contribution in [0.4, 0.5) is 0 Å². The summed E-state index contributed by atoms with van der Waals surface area (Å²) in [5, 5.41) is 0. The van der Waals surface area contributed by atoms with Crippen molar-refractivity contribution >= 4 is 25.1 Å². The lowest BCUT2D eigenvalue weighted by molar-refractivity contribution is -0.115. The summed E-state index contributed by atoms with van der Waals surface area (Å²) < 4.78 is 11.7. The first-order valence-electron chi connectivity index (χ1n) is 5.93. The van der Waals surface area contributed by atoms with Gasteiger partial charge in [-0.15, -0.1) is 0 Å². The molecular formula is C15H15BNO2S. The van der Waals surface area contributed by atoms with Crippen molar-refractivity contribution in [1.29, 1.82) is 0 Å². The molecule has 101 valence electrons. The molecule has 1 unspecified atom stereocenters. The summed E-state index contributed by atoms with van der Waals surface area (Å²) >= 11 is 0. The van der Waals surface area contributed by atoms with Crippen LogP contribution in [0.5, 0.6) is 0 Å². The third-order valence-electron chi connectivity index (χ3n) is 2.67. The van der Waals surface area contributed by atoms with Gasteiger partial charge in [-0.25, -0.2) is 0 Å². The number of nitrogens with two attached hydrogens (primary N) is 1. The van der Waals surface area contributed by atoms with Gasteiger partial charge in [-0.2, -0.15) is 0 Å². The fourth-order valence-corrected chi connectivity index (χ4v) is 2.84. The van der Waals surface area contributed by atoms with Crippen LogP contribution < -0.4 is 5.73 Å². The largest absolute Gasteiger partial charge is 0.369 e. The molecule has 2 aromatic rings.